The van der Waals surface area contributed by atoms with Gasteiger partial charge in [-0.1, -0.05) is 6.92 Å². The Morgan fingerprint density at radius 1 is 1.67 bits per heavy atom. The summed E-state index contributed by atoms with van der Waals surface area (Å²) >= 11 is 1.37. The number of thioether (sulfide) groups is 1. The lowest BCUT2D eigenvalue weighted by Crippen LogP contribution is -2.05. The summed E-state index contributed by atoms with van der Waals surface area (Å²) in [7, 11) is 0. The van der Waals surface area contributed by atoms with Crippen LogP contribution in [0.1, 0.15) is 23.7 Å². The first kappa shape index (κ1) is 12.0. The van der Waals surface area contributed by atoms with Gasteiger partial charge in [-0.2, -0.15) is 0 Å². The second-order valence-corrected chi connectivity index (χ2v) is 4.53. The molecule has 0 fully saturated rings. The van der Waals surface area contributed by atoms with Crippen molar-refractivity contribution < 1.29 is 15.0 Å². The maximum absolute atomic E-state index is 10.9. The van der Waals surface area contributed by atoms with E-state index in [1.54, 1.807) is 12.3 Å². The van der Waals surface area contributed by atoms with E-state index in [0.29, 0.717) is 11.4 Å². The summed E-state index contributed by atoms with van der Waals surface area (Å²) in [4.78, 5) is 14.9. The number of aliphatic hydroxyl groups excluding tert-OH is 1. The van der Waals surface area contributed by atoms with Crippen molar-refractivity contribution in [2.24, 2.45) is 0 Å². The number of hydrogen-bond donors (Lipinski definition) is 2. The fourth-order valence-electron chi connectivity index (χ4n) is 1.08. The normalized spacial score (nSPS) is 12.4. The zero-order chi connectivity index (χ0) is 11.3. The molecule has 1 aromatic rings. The van der Waals surface area contributed by atoms with Gasteiger partial charge in [-0.3, -0.25) is 0 Å². The Balaban J connectivity index is 2.79. The Labute approximate surface area is 92.3 Å². The van der Waals surface area contributed by atoms with Gasteiger partial charge in [0.1, 0.15) is 5.03 Å². The van der Waals surface area contributed by atoms with Crippen LogP contribution in [-0.4, -0.2) is 33.0 Å². The van der Waals surface area contributed by atoms with Gasteiger partial charge in [0, 0.05) is 18.1 Å². The van der Waals surface area contributed by atoms with E-state index in [9.17, 15) is 4.79 Å². The number of rotatable bonds is 5. The summed E-state index contributed by atoms with van der Waals surface area (Å²) < 4.78 is 0. The van der Waals surface area contributed by atoms with Crippen molar-refractivity contribution in [1.82, 2.24) is 4.98 Å². The molecule has 4 nitrogen and oxygen atoms in total. The molecule has 1 rings (SSSR count). The Morgan fingerprint density at radius 2 is 2.40 bits per heavy atom. The lowest BCUT2D eigenvalue weighted by atomic mass is 10.3. The first-order valence-electron chi connectivity index (χ1n) is 4.61. The molecule has 0 spiro atoms. The number of aliphatic hydroxyl groups is 1. The molecule has 82 valence electrons. The molecule has 1 aromatic heterocycles. The van der Waals surface area contributed by atoms with Crippen LogP contribution in [0.4, 0.5) is 0 Å². The quantitative estimate of drug-likeness (QED) is 0.748. The van der Waals surface area contributed by atoms with Crippen LogP contribution in [0.2, 0.25) is 0 Å². The summed E-state index contributed by atoms with van der Waals surface area (Å²) in [5, 5.41) is 18.3. The molecule has 0 amide bonds. The van der Waals surface area contributed by atoms with Gasteiger partial charge in [0.15, 0.2) is 0 Å². The summed E-state index contributed by atoms with van der Waals surface area (Å²) in [5.74, 6) is -0.971. The van der Waals surface area contributed by atoms with Gasteiger partial charge in [-0.15, -0.1) is 11.8 Å². The van der Waals surface area contributed by atoms with Gasteiger partial charge < -0.3 is 10.2 Å². The highest BCUT2D eigenvalue weighted by Gasteiger charge is 2.13. The van der Waals surface area contributed by atoms with E-state index in [1.165, 1.54) is 17.8 Å². The molecular weight excluding hydrogens is 214 g/mol. The second kappa shape index (κ2) is 5.72. The predicted molar refractivity (Wildman–Crippen MR) is 58.2 cm³/mol. The molecule has 0 aliphatic heterocycles. The van der Waals surface area contributed by atoms with Crippen molar-refractivity contribution in [3.63, 3.8) is 0 Å². The van der Waals surface area contributed by atoms with Crippen molar-refractivity contribution in [3.8, 4) is 0 Å². The van der Waals surface area contributed by atoms with E-state index in [0.717, 1.165) is 0 Å². The van der Waals surface area contributed by atoms with Gasteiger partial charge >= 0.3 is 5.97 Å². The van der Waals surface area contributed by atoms with Gasteiger partial charge in [0.2, 0.25) is 0 Å². The Kier molecular flexibility index (Phi) is 4.58. The number of aromatic carboxylic acids is 1. The lowest BCUT2D eigenvalue weighted by Gasteiger charge is -2.09. The minimum absolute atomic E-state index is 0.101. The van der Waals surface area contributed by atoms with E-state index >= 15 is 0 Å². The highest BCUT2D eigenvalue weighted by Crippen LogP contribution is 2.25. The highest BCUT2D eigenvalue weighted by molar-refractivity contribution is 7.99. The van der Waals surface area contributed by atoms with E-state index < -0.39 is 5.97 Å². The standard InChI is InChI=1S/C10H13NO3S/c1-7(4-6-12)15-9-8(10(13)14)3-2-5-11-9/h2-3,5,7,12H,4,6H2,1H3,(H,13,14). The SMILES string of the molecule is CC(CCO)Sc1ncccc1C(=O)O. The third-order valence-electron chi connectivity index (χ3n) is 1.85. The number of nitrogens with zero attached hydrogens (tertiary/aromatic N) is 1. The van der Waals surface area contributed by atoms with Crippen LogP contribution in [0.5, 0.6) is 0 Å². The molecule has 0 aromatic carbocycles. The van der Waals surface area contributed by atoms with Crippen LogP contribution >= 0.6 is 11.8 Å². The Hall–Kier alpha value is -1.07. The number of carboxylic acids is 1. The monoisotopic (exact) mass is 227 g/mol. The molecule has 1 atom stereocenters. The number of aromatic nitrogens is 1. The average molecular weight is 227 g/mol. The maximum atomic E-state index is 10.9. The van der Waals surface area contributed by atoms with Gasteiger partial charge in [-0.25, -0.2) is 9.78 Å². The van der Waals surface area contributed by atoms with Crippen molar-refractivity contribution >= 4 is 17.7 Å². The minimum Gasteiger partial charge on any atom is -0.478 e. The van der Waals surface area contributed by atoms with Crippen molar-refractivity contribution in [2.45, 2.75) is 23.6 Å². The van der Waals surface area contributed by atoms with E-state index in [-0.39, 0.29) is 17.4 Å². The molecule has 1 heterocycles. The molecule has 15 heavy (non-hydrogen) atoms. The zero-order valence-corrected chi connectivity index (χ0v) is 9.20. The molecular formula is C10H13NO3S. The minimum atomic E-state index is -0.971. The number of carbonyl (C=O) groups is 1. The van der Waals surface area contributed by atoms with E-state index in [1.807, 2.05) is 6.92 Å². The third kappa shape index (κ3) is 3.53. The van der Waals surface area contributed by atoms with Crippen LogP contribution in [-0.2, 0) is 0 Å². The first-order valence-corrected chi connectivity index (χ1v) is 5.49. The van der Waals surface area contributed by atoms with Crippen LogP contribution in [0, 0.1) is 0 Å². The van der Waals surface area contributed by atoms with Crippen molar-refractivity contribution in [3.05, 3.63) is 23.9 Å². The fourth-order valence-corrected chi connectivity index (χ4v) is 2.09. The van der Waals surface area contributed by atoms with Crippen LogP contribution in [0.25, 0.3) is 0 Å². The molecule has 0 aliphatic carbocycles. The highest BCUT2D eigenvalue weighted by atomic mass is 32.2. The average Bonchev–Trinajstić information content (AvgIpc) is 2.18. The van der Waals surface area contributed by atoms with Gasteiger partial charge in [0.05, 0.1) is 5.56 Å². The summed E-state index contributed by atoms with van der Waals surface area (Å²) in [5.41, 5.74) is 0.215. The second-order valence-electron chi connectivity index (χ2n) is 3.10. The number of hydrogen-bond acceptors (Lipinski definition) is 4. The Morgan fingerprint density at radius 3 is 3.00 bits per heavy atom. The maximum Gasteiger partial charge on any atom is 0.338 e. The summed E-state index contributed by atoms with van der Waals surface area (Å²) in [6.07, 6.45) is 2.20. The molecule has 5 heteroatoms. The molecule has 0 aliphatic rings. The third-order valence-corrected chi connectivity index (χ3v) is 3.04. The molecule has 2 N–H and O–H groups in total. The van der Waals surface area contributed by atoms with Crippen LogP contribution in [0.15, 0.2) is 23.4 Å². The van der Waals surface area contributed by atoms with Crippen LogP contribution in [0.3, 0.4) is 0 Å². The predicted octanol–water partition coefficient (Wildman–Crippen LogP) is 1.64. The first-order chi connectivity index (χ1) is 7.15. The summed E-state index contributed by atoms with van der Waals surface area (Å²) in [6.45, 7) is 2.03. The van der Waals surface area contributed by atoms with Crippen LogP contribution < -0.4 is 0 Å². The van der Waals surface area contributed by atoms with E-state index in [4.69, 9.17) is 10.2 Å². The molecule has 0 radical (unpaired) electrons. The lowest BCUT2D eigenvalue weighted by molar-refractivity contribution is 0.0692. The molecule has 0 saturated carbocycles. The fraction of sp³-hybridized carbons (Fsp3) is 0.400. The van der Waals surface area contributed by atoms with Crippen molar-refractivity contribution in [2.75, 3.05) is 6.61 Å². The number of carboxylic acid groups (broad SMARTS) is 1. The van der Waals surface area contributed by atoms with Gasteiger partial charge in [-0.05, 0) is 18.6 Å². The Bertz CT molecular complexity index is 343. The van der Waals surface area contributed by atoms with Gasteiger partial charge in [0.25, 0.3) is 0 Å². The zero-order valence-electron chi connectivity index (χ0n) is 8.38. The largest absolute Gasteiger partial charge is 0.478 e. The molecule has 1 unspecified atom stereocenters. The smallest absolute Gasteiger partial charge is 0.338 e. The topological polar surface area (TPSA) is 70.4 Å². The molecule has 0 bridgehead atoms. The summed E-state index contributed by atoms with van der Waals surface area (Å²) in [6, 6.07) is 3.13. The van der Waals surface area contributed by atoms with E-state index in [2.05, 4.69) is 4.98 Å². The molecule has 0 saturated heterocycles. The van der Waals surface area contributed by atoms with Crippen molar-refractivity contribution in [1.29, 1.82) is 0 Å². The number of pyridine rings is 1.